The highest BCUT2D eigenvalue weighted by atomic mass is 16.1. The van der Waals surface area contributed by atoms with Gasteiger partial charge in [-0.25, -0.2) is 4.98 Å². The molecule has 5 heteroatoms. The van der Waals surface area contributed by atoms with Crippen LogP contribution in [0.5, 0.6) is 0 Å². The quantitative estimate of drug-likeness (QED) is 0.704. The first-order valence-electron chi connectivity index (χ1n) is 5.65. The van der Waals surface area contributed by atoms with Gasteiger partial charge in [0.2, 0.25) is 0 Å². The van der Waals surface area contributed by atoms with Gasteiger partial charge in [-0.15, -0.1) is 0 Å². The molecule has 3 aromatic heterocycles. The van der Waals surface area contributed by atoms with Crippen molar-refractivity contribution in [3.63, 3.8) is 0 Å². The van der Waals surface area contributed by atoms with E-state index in [0.29, 0.717) is 11.0 Å². The molecule has 0 aromatic carbocycles. The smallest absolute Gasteiger partial charge is 0.260 e. The average molecular weight is 240 g/mol. The first kappa shape index (κ1) is 10.7. The molecule has 0 aliphatic carbocycles. The highest BCUT2D eigenvalue weighted by Crippen LogP contribution is 2.19. The van der Waals surface area contributed by atoms with E-state index in [2.05, 4.69) is 15.0 Å². The van der Waals surface area contributed by atoms with Crippen molar-refractivity contribution in [1.29, 1.82) is 0 Å². The van der Waals surface area contributed by atoms with Gasteiger partial charge in [-0.2, -0.15) is 0 Å². The zero-order valence-electron chi connectivity index (χ0n) is 10.1. The van der Waals surface area contributed by atoms with Crippen molar-refractivity contribution in [2.24, 2.45) is 0 Å². The SMILES string of the molecule is Cc1cc(-n2cc(C)c3c(=O)[nH]cnc32)ccn1. The largest absolute Gasteiger partial charge is 0.312 e. The second-order valence-electron chi connectivity index (χ2n) is 4.27. The summed E-state index contributed by atoms with van der Waals surface area (Å²) in [5.41, 5.74) is 3.35. The molecule has 0 saturated heterocycles. The summed E-state index contributed by atoms with van der Waals surface area (Å²) in [4.78, 5) is 22.8. The average Bonchev–Trinajstić information content (AvgIpc) is 2.68. The van der Waals surface area contributed by atoms with Gasteiger partial charge in [0.25, 0.3) is 5.56 Å². The number of H-pyrrole nitrogens is 1. The summed E-state index contributed by atoms with van der Waals surface area (Å²) < 4.78 is 1.91. The normalized spacial score (nSPS) is 11.0. The number of rotatable bonds is 1. The molecule has 0 amide bonds. The highest BCUT2D eigenvalue weighted by Gasteiger charge is 2.11. The lowest BCUT2D eigenvalue weighted by molar-refractivity contribution is 1.04. The van der Waals surface area contributed by atoms with E-state index in [-0.39, 0.29) is 5.56 Å². The Bertz CT molecular complexity index is 785. The van der Waals surface area contributed by atoms with E-state index in [4.69, 9.17) is 0 Å². The molecule has 0 saturated carbocycles. The molecular weight excluding hydrogens is 228 g/mol. The Hall–Kier alpha value is -2.43. The first-order valence-corrected chi connectivity index (χ1v) is 5.65. The van der Waals surface area contributed by atoms with Crippen LogP contribution in [-0.4, -0.2) is 19.5 Å². The molecule has 3 rings (SSSR count). The van der Waals surface area contributed by atoms with Crippen molar-refractivity contribution in [3.05, 3.63) is 52.5 Å². The number of aromatic nitrogens is 4. The van der Waals surface area contributed by atoms with Crippen LogP contribution in [0.2, 0.25) is 0 Å². The van der Waals surface area contributed by atoms with Crippen molar-refractivity contribution in [2.45, 2.75) is 13.8 Å². The van der Waals surface area contributed by atoms with Gasteiger partial charge < -0.3 is 9.55 Å². The maximum absolute atomic E-state index is 11.8. The number of fused-ring (bicyclic) bond motifs is 1. The molecule has 0 spiro atoms. The van der Waals surface area contributed by atoms with E-state index in [0.717, 1.165) is 16.9 Å². The van der Waals surface area contributed by atoms with Crippen LogP contribution < -0.4 is 5.56 Å². The standard InChI is InChI=1S/C13H12N4O/c1-8-6-17(10-3-4-14-9(2)5-10)12-11(8)13(18)16-7-15-12/h3-7H,1-2H3,(H,15,16,18). The Morgan fingerprint density at radius 3 is 2.89 bits per heavy atom. The summed E-state index contributed by atoms with van der Waals surface area (Å²) in [5, 5.41) is 0.631. The van der Waals surface area contributed by atoms with Crippen LogP contribution in [0.3, 0.4) is 0 Å². The molecule has 0 atom stereocenters. The molecule has 0 fully saturated rings. The second-order valence-corrected chi connectivity index (χ2v) is 4.27. The molecule has 0 aliphatic rings. The Morgan fingerprint density at radius 1 is 1.28 bits per heavy atom. The van der Waals surface area contributed by atoms with E-state index in [1.165, 1.54) is 6.33 Å². The predicted octanol–water partition coefficient (Wildman–Crippen LogP) is 1.73. The van der Waals surface area contributed by atoms with Crippen LogP contribution in [0.15, 0.2) is 35.6 Å². The lowest BCUT2D eigenvalue weighted by atomic mass is 10.3. The van der Waals surface area contributed by atoms with Crippen LogP contribution in [0, 0.1) is 13.8 Å². The molecule has 3 heterocycles. The topological polar surface area (TPSA) is 63.6 Å². The van der Waals surface area contributed by atoms with Gasteiger partial charge in [-0.05, 0) is 31.5 Å². The summed E-state index contributed by atoms with van der Waals surface area (Å²) in [7, 11) is 0. The lowest BCUT2D eigenvalue weighted by Crippen LogP contribution is -2.07. The van der Waals surface area contributed by atoms with Crippen LogP contribution in [0.4, 0.5) is 0 Å². The first-order chi connectivity index (χ1) is 8.66. The second kappa shape index (κ2) is 3.80. The number of nitrogens with zero attached hydrogens (tertiary/aromatic N) is 3. The Balaban J connectivity index is 2.38. The summed E-state index contributed by atoms with van der Waals surface area (Å²) in [6, 6.07) is 3.86. The molecule has 1 N–H and O–H groups in total. The molecule has 3 aromatic rings. The van der Waals surface area contributed by atoms with Crippen LogP contribution in [0.1, 0.15) is 11.3 Å². The van der Waals surface area contributed by atoms with E-state index >= 15 is 0 Å². The number of aromatic amines is 1. The van der Waals surface area contributed by atoms with E-state index in [1.807, 2.05) is 36.7 Å². The van der Waals surface area contributed by atoms with Gasteiger partial charge in [0.1, 0.15) is 0 Å². The zero-order valence-corrected chi connectivity index (χ0v) is 10.1. The van der Waals surface area contributed by atoms with Crippen LogP contribution in [-0.2, 0) is 0 Å². The fourth-order valence-corrected chi connectivity index (χ4v) is 2.12. The molecule has 0 unspecified atom stereocenters. The number of pyridine rings is 1. The van der Waals surface area contributed by atoms with Crippen molar-refractivity contribution in [1.82, 2.24) is 19.5 Å². The third kappa shape index (κ3) is 1.52. The third-order valence-electron chi connectivity index (χ3n) is 2.94. The summed E-state index contributed by atoms with van der Waals surface area (Å²) in [6.07, 6.45) is 5.09. The van der Waals surface area contributed by atoms with Crippen LogP contribution in [0.25, 0.3) is 16.7 Å². The predicted molar refractivity (Wildman–Crippen MR) is 69.0 cm³/mol. The Kier molecular flexibility index (Phi) is 2.26. The van der Waals surface area contributed by atoms with Gasteiger partial charge in [-0.1, -0.05) is 0 Å². The van der Waals surface area contributed by atoms with E-state index < -0.39 is 0 Å². The summed E-state index contributed by atoms with van der Waals surface area (Å²) in [6.45, 7) is 3.84. The Labute approximate surface area is 103 Å². The Morgan fingerprint density at radius 2 is 2.11 bits per heavy atom. The lowest BCUT2D eigenvalue weighted by Gasteiger charge is -2.04. The minimum atomic E-state index is -0.109. The number of aryl methyl sites for hydroxylation is 2. The van der Waals surface area contributed by atoms with E-state index in [9.17, 15) is 4.79 Å². The summed E-state index contributed by atoms with van der Waals surface area (Å²) in [5.74, 6) is 0. The number of hydrogen-bond acceptors (Lipinski definition) is 3. The van der Waals surface area contributed by atoms with Gasteiger partial charge in [0.15, 0.2) is 5.65 Å². The fraction of sp³-hybridized carbons (Fsp3) is 0.154. The minimum Gasteiger partial charge on any atom is -0.312 e. The molecular formula is C13H12N4O. The number of nitrogens with one attached hydrogen (secondary N) is 1. The van der Waals surface area contributed by atoms with Gasteiger partial charge in [0, 0.05) is 18.1 Å². The molecule has 18 heavy (non-hydrogen) atoms. The van der Waals surface area contributed by atoms with Crippen molar-refractivity contribution >= 4 is 11.0 Å². The molecule has 5 nitrogen and oxygen atoms in total. The number of hydrogen-bond donors (Lipinski definition) is 1. The molecule has 0 radical (unpaired) electrons. The van der Waals surface area contributed by atoms with Crippen LogP contribution >= 0.6 is 0 Å². The van der Waals surface area contributed by atoms with Crippen molar-refractivity contribution < 1.29 is 0 Å². The van der Waals surface area contributed by atoms with Gasteiger partial charge in [-0.3, -0.25) is 9.78 Å². The molecule has 0 bridgehead atoms. The van der Waals surface area contributed by atoms with Gasteiger partial charge >= 0.3 is 0 Å². The summed E-state index contributed by atoms with van der Waals surface area (Å²) >= 11 is 0. The van der Waals surface area contributed by atoms with Crippen molar-refractivity contribution in [2.75, 3.05) is 0 Å². The minimum absolute atomic E-state index is 0.109. The maximum atomic E-state index is 11.8. The zero-order chi connectivity index (χ0) is 12.7. The van der Waals surface area contributed by atoms with Gasteiger partial charge in [0.05, 0.1) is 17.4 Å². The fourth-order valence-electron chi connectivity index (χ4n) is 2.12. The van der Waals surface area contributed by atoms with Crippen molar-refractivity contribution in [3.8, 4) is 5.69 Å². The monoisotopic (exact) mass is 240 g/mol. The van der Waals surface area contributed by atoms with E-state index in [1.54, 1.807) is 6.20 Å². The molecule has 90 valence electrons. The maximum Gasteiger partial charge on any atom is 0.260 e. The third-order valence-corrected chi connectivity index (χ3v) is 2.94. The molecule has 0 aliphatic heterocycles. The highest BCUT2D eigenvalue weighted by molar-refractivity contribution is 5.80.